The highest BCUT2D eigenvalue weighted by Gasteiger charge is 2.72. The molecule has 0 amide bonds. The fraction of sp³-hybridized carbons (Fsp3) is 0.667. The van der Waals surface area contributed by atoms with Crippen LogP contribution < -0.4 is 0 Å². The van der Waals surface area contributed by atoms with Gasteiger partial charge in [-0.3, -0.25) is 0 Å². The monoisotopic (exact) mass is 334 g/mol. The third-order valence-electron chi connectivity index (χ3n) is 1.10. The molecular weight excluding hydrogens is 329 g/mol. The van der Waals surface area contributed by atoms with Crippen molar-refractivity contribution in [3.05, 3.63) is 12.7 Å². The van der Waals surface area contributed by atoms with Gasteiger partial charge in [0.2, 0.25) is 0 Å². The second-order valence-electron chi connectivity index (χ2n) is 2.19. The molecule has 0 bridgehead atoms. The molecule has 14 heavy (non-hydrogen) atoms. The molecule has 0 aromatic heterocycles. The number of alkyl halides is 7. The van der Waals surface area contributed by atoms with E-state index in [1.165, 1.54) is 0 Å². The van der Waals surface area contributed by atoms with E-state index in [1.54, 1.807) is 0 Å². The third-order valence-corrected chi connectivity index (χ3v) is 1.78. The van der Waals surface area contributed by atoms with Gasteiger partial charge in [0.1, 0.15) is 0 Å². The highest BCUT2D eigenvalue weighted by molar-refractivity contribution is 14.1. The molecule has 0 saturated heterocycles. The van der Waals surface area contributed by atoms with E-state index in [0.29, 0.717) is 0 Å². The predicted molar refractivity (Wildman–Crippen MR) is 45.0 cm³/mol. The van der Waals surface area contributed by atoms with Crippen LogP contribution in [0.5, 0.6) is 0 Å². The van der Waals surface area contributed by atoms with Gasteiger partial charge in [-0.2, -0.15) is 26.3 Å². The summed E-state index contributed by atoms with van der Waals surface area (Å²) in [6.45, 7) is 1.97. The minimum Gasteiger partial charge on any atom is -0.311 e. The zero-order valence-corrected chi connectivity index (χ0v) is 8.70. The molecule has 0 aliphatic carbocycles. The second-order valence-corrected chi connectivity index (χ2v) is 3.54. The van der Waals surface area contributed by atoms with Crippen LogP contribution in [0, 0.1) is 0 Å². The molecule has 0 unspecified atom stereocenters. The standard InChI is InChI=1S/C6H5F6IO/c1-2-3-14-6(11,12)4(7,8)5(9,10)13/h2H,1,3H2. The van der Waals surface area contributed by atoms with Gasteiger partial charge in [-0.15, -0.1) is 6.58 Å². The molecule has 0 saturated carbocycles. The van der Waals surface area contributed by atoms with Gasteiger partial charge in [0, 0.05) is 22.6 Å². The number of rotatable bonds is 5. The highest BCUT2D eigenvalue weighted by Crippen LogP contribution is 2.49. The maximum Gasteiger partial charge on any atom is 0.426 e. The lowest BCUT2D eigenvalue weighted by Gasteiger charge is -2.28. The van der Waals surface area contributed by atoms with Crippen LogP contribution in [-0.4, -0.2) is 22.6 Å². The van der Waals surface area contributed by atoms with Gasteiger partial charge in [0.05, 0.1) is 6.61 Å². The van der Waals surface area contributed by atoms with Crippen LogP contribution in [0.1, 0.15) is 0 Å². The van der Waals surface area contributed by atoms with Gasteiger partial charge in [-0.1, -0.05) is 6.08 Å². The molecule has 0 spiro atoms. The van der Waals surface area contributed by atoms with Crippen molar-refractivity contribution in [2.45, 2.75) is 16.0 Å². The summed E-state index contributed by atoms with van der Waals surface area (Å²) in [6.07, 6.45) is -4.48. The largest absolute Gasteiger partial charge is 0.426 e. The van der Waals surface area contributed by atoms with Crippen LogP contribution in [-0.2, 0) is 4.74 Å². The summed E-state index contributed by atoms with van der Waals surface area (Å²) in [5, 5.41) is 0. The quantitative estimate of drug-likeness (QED) is 0.324. The Morgan fingerprint density at radius 3 is 1.86 bits per heavy atom. The number of halogens is 7. The summed E-state index contributed by atoms with van der Waals surface area (Å²) in [5.41, 5.74) is 0. The molecule has 0 aliphatic rings. The van der Waals surface area contributed by atoms with E-state index in [9.17, 15) is 26.3 Å². The maximum absolute atomic E-state index is 12.4. The fourth-order valence-electron chi connectivity index (χ4n) is 0.419. The number of hydrogen-bond donors (Lipinski definition) is 0. The molecule has 84 valence electrons. The van der Waals surface area contributed by atoms with E-state index in [0.717, 1.165) is 6.08 Å². The molecule has 0 radical (unpaired) electrons. The van der Waals surface area contributed by atoms with Crippen molar-refractivity contribution in [3.63, 3.8) is 0 Å². The van der Waals surface area contributed by atoms with E-state index in [2.05, 4.69) is 11.3 Å². The Morgan fingerprint density at radius 1 is 1.14 bits per heavy atom. The van der Waals surface area contributed by atoms with Gasteiger partial charge in [-0.25, -0.2) is 0 Å². The van der Waals surface area contributed by atoms with E-state index >= 15 is 0 Å². The number of hydrogen-bond acceptors (Lipinski definition) is 1. The highest BCUT2D eigenvalue weighted by atomic mass is 127. The molecular formula is C6H5F6IO. The van der Waals surface area contributed by atoms with Crippen molar-refractivity contribution in [1.29, 1.82) is 0 Å². The first-order valence-electron chi connectivity index (χ1n) is 3.13. The summed E-state index contributed by atoms with van der Waals surface area (Å²) in [5.74, 6) is -5.57. The molecule has 0 aliphatic heterocycles. The minimum atomic E-state index is -5.57. The molecule has 0 aromatic rings. The Bertz CT molecular complexity index is 211. The normalized spacial score (nSPS) is 14.2. The Kier molecular flexibility index (Phi) is 4.25. The Labute approximate surface area is 89.2 Å². The molecule has 0 heterocycles. The lowest BCUT2D eigenvalue weighted by molar-refractivity contribution is -0.374. The third kappa shape index (κ3) is 2.75. The second kappa shape index (κ2) is 4.25. The van der Waals surface area contributed by atoms with E-state index in [1.807, 2.05) is 0 Å². The Hall–Kier alpha value is 0.01000. The zero-order valence-electron chi connectivity index (χ0n) is 6.55. The van der Waals surface area contributed by atoms with Gasteiger partial charge in [0.15, 0.2) is 0 Å². The Morgan fingerprint density at radius 2 is 1.57 bits per heavy atom. The average molecular weight is 334 g/mol. The topological polar surface area (TPSA) is 9.23 Å². The van der Waals surface area contributed by atoms with Crippen molar-refractivity contribution in [2.75, 3.05) is 6.61 Å². The molecule has 0 rings (SSSR count). The fourth-order valence-corrected chi connectivity index (χ4v) is 0.733. The van der Waals surface area contributed by atoms with Crippen molar-refractivity contribution in [1.82, 2.24) is 0 Å². The van der Waals surface area contributed by atoms with E-state index in [-0.39, 0.29) is 22.6 Å². The van der Waals surface area contributed by atoms with Crippen molar-refractivity contribution in [3.8, 4) is 0 Å². The first-order valence-corrected chi connectivity index (χ1v) is 4.21. The van der Waals surface area contributed by atoms with Crippen LogP contribution >= 0.6 is 22.6 Å². The molecule has 1 nitrogen and oxygen atoms in total. The van der Waals surface area contributed by atoms with Gasteiger partial charge in [-0.05, 0) is 0 Å². The summed E-state index contributed by atoms with van der Waals surface area (Å²) >= 11 is -0.0728. The number of ether oxygens (including phenoxy) is 1. The first kappa shape index (κ1) is 14.0. The average Bonchev–Trinajstić information content (AvgIpc) is 1.98. The van der Waals surface area contributed by atoms with Crippen LogP contribution in [0.25, 0.3) is 0 Å². The summed E-state index contributed by atoms with van der Waals surface area (Å²) < 4.78 is 72.0. The maximum atomic E-state index is 12.4. The Balaban J connectivity index is 4.77. The summed E-state index contributed by atoms with van der Waals surface area (Å²) in [7, 11) is 0. The van der Waals surface area contributed by atoms with Crippen molar-refractivity contribution < 1.29 is 31.1 Å². The lowest BCUT2D eigenvalue weighted by atomic mass is 10.3. The van der Waals surface area contributed by atoms with Gasteiger partial charge >= 0.3 is 16.0 Å². The van der Waals surface area contributed by atoms with E-state index < -0.39 is 22.6 Å². The van der Waals surface area contributed by atoms with Crippen molar-refractivity contribution in [2.24, 2.45) is 0 Å². The summed E-state index contributed by atoms with van der Waals surface area (Å²) in [6, 6.07) is 0. The molecule has 0 N–H and O–H groups in total. The lowest BCUT2D eigenvalue weighted by Crippen LogP contribution is -2.52. The molecule has 0 aromatic carbocycles. The minimum absolute atomic E-state index is 0.0728. The summed E-state index contributed by atoms with van der Waals surface area (Å²) in [4.78, 5) is 0. The van der Waals surface area contributed by atoms with Crippen LogP contribution in [0.2, 0.25) is 0 Å². The zero-order chi connectivity index (χ0) is 11.6. The van der Waals surface area contributed by atoms with Gasteiger partial charge < -0.3 is 4.74 Å². The smallest absolute Gasteiger partial charge is 0.311 e. The molecule has 0 atom stereocenters. The first-order chi connectivity index (χ1) is 6.06. The molecule has 8 heteroatoms. The SMILES string of the molecule is C=CCOC(F)(F)C(F)(F)C(F)(F)I. The van der Waals surface area contributed by atoms with Crippen LogP contribution in [0.3, 0.4) is 0 Å². The van der Waals surface area contributed by atoms with Crippen molar-refractivity contribution >= 4 is 22.6 Å². The predicted octanol–water partition coefficient (Wildman–Crippen LogP) is 3.44. The van der Waals surface area contributed by atoms with Gasteiger partial charge in [0.25, 0.3) is 0 Å². The van der Waals surface area contributed by atoms with E-state index in [4.69, 9.17) is 0 Å². The molecule has 0 fully saturated rings. The van der Waals surface area contributed by atoms with Crippen LogP contribution in [0.4, 0.5) is 26.3 Å². The van der Waals surface area contributed by atoms with Crippen LogP contribution in [0.15, 0.2) is 12.7 Å².